The molecule has 0 aliphatic carbocycles. The predicted octanol–water partition coefficient (Wildman–Crippen LogP) is 3.65. The van der Waals surface area contributed by atoms with Gasteiger partial charge in [-0.3, -0.25) is 4.68 Å². The summed E-state index contributed by atoms with van der Waals surface area (Å²) in [4.78, 5) is 0. The maximum absolute atomic E-state index is 4.70. The third kappa shape index (κ3) is 2.11. The fourth-order valence-electron chi connectivity index (χ4n) is 2.04. The molecule has 4 nitrogen and oxygen atoms in total. The lowest BCUT2D eigenvalue weighted by molar-refractivity contribution is 0.539. The predicted molar refractivity (Wildman–Crippen MR) is 73.9 cm³/mol. The van der Waals surface area contributed by atoms with Crippen molar-refractivity contribution in [1.29, 1.82) is 0 Å². The molecule has 0 saturated carbocycles. The van der Waals surface area contributed by atoms with E-state index in [0.717, 1.165) is 22.4 Å². The average molecular weight is 246 g/mol. The zero-order chi connectivity index (χ0) is 13.4. The smallest absolute Gasteiger partial charge is 0.134 e. The van der Waals surface area contributed by atoms with Crippen molar-refractivity contribution < 1.29 is 0 Å². The van der Waals surface area contributed by atoms with E-state index in [1.54, 1.807) is 0 Å². The van der Waals surface area contributed by atoms with Gasteiger partial charge in [-0.05, 0) is 31.7 Å². The molecule has 98 valence electrons. The Morgan fingerprint density at radius 2 is 1.61 bits per heavy atom. The molecule has 0 aliphatic heterocycles. The average Bonchev–Trinajstić information content (AvgIpc) is 2.67. The van der Waals surface area contributed by atoms with Crippen molar-refractivity contribution >= 4 is 11.0 Å². The molecular formula is C14H22N4. The van der Waals surface area contributed by atoms with E-state index in [1.807, 2.05) is 0 Å². The van der Waals surface area contributed by atoms with Gasteiger partial charge in [0.2, 0.25) is 0 Å². The SMILES string of the molecule is CC(C)c1cc2c(nn1)c(C(C)C)nn2C(C)C. The Labute approximate surface area is 108 Å². The van der Waals surface area contributed by atoms with Gasteiger partial charge in [-0.25, -0.2) is 0 Å². The van der Waals surface area contributed by atoms with Crippen LogP contribution in [0.1, 0.15) is 70.8 Å². The second kappa shape index (κ2) is 4.67. The lowest BCUT2D eigenvalue weighted by Crippen LogP contribution is -2.04. The topological polar surface area (TPSA) is 43.6 Å². The largest absolute Gasteiger partial charge is 0.260 e. The zero-order valence-electron chi connectivity index (χ0n) is 12.1. The Morgan fingerprint density at radius 3 is 2.11 bits per heavy atom. The van der Waals surface area contributed by atoms with Crippen molar-refractivity contribution in [3.63, 3.8) is 0 Å². The van der Waals surface area contributed by atoms with Crippen LogP contribution in [0.4, 0.5) is 0 Å². The van der Waals surface area contributed by atoms with E-state index in [4.69, 9.17) is 5.10 Å². The molecule has 2 heterocycles. The monoisotopic (exact) mass is 246 g/mol. The number of hydrogen-bond acceptors (Lipinski definition) is 3. The number of nitrogens with zero attached hydrogens (tertiary/aromatic N) is 4. The van der Waals surface area contributed by atoms with Gasteiger partial charge in [-0.15, -0.1) is 5.10 Å². The van der Waals surface area contributed by atoms with Crippen LogP contribution in [0.25, 0.3) is 11.0 Å². The number of aromatic nitrogens is 4. The normalized spacial score (nSPS) is 12.3. The Morgan fingerprint density at radius 1 is 0.944 bits per heavy atom. The summed E-state index contributed by atoms with van der Waals surface area (Å²) in [5.74, 6) is 0.756. The number of hydrogen-bond donors (Lipinski definition) is 0. The quantitative estimate of drug-likeness (QED) is 0.830. The fraction of sp³-hybridized carbons (Fsp3) is 0.643. The molecule has 0 radical (unpaired) electrons. The Balaban J connectivity index is 2.71. The fourth-order valence-corrected chi connectivity index (χ4v) is 2.04. The zero-order valence-corrected chi connectivity index (χ0v) is 12.1. The van der Waals surface area contributed by atoms with E-state index in [0.29, 0.717) is 17.9 Å². The van der Waals surface area contributed by atoms with Gasteiger partial charge in [-0.1, -0.05) is 27.7 Å². The van der Waals surface area contributed by atoms with E-state index in [1.165, 1.54) is 0 Å². The van der Waals surface area contributed by atoms with Crippen molar-refractivity contribution in [1.82, 2.24) is 20.0 Å². The van der Waals surface area contributed by atoms with Crippen LogP contribution in [-0.4, -0.2) is 20.0 Å². The molecule has 0 bridgehead atoms. The Bertz CT molecular complexity index is 552. The van der Waals surface area contributed by atoms with Crippen molar-refractivity contribution in [3.8, 4) is 0 Å². The molecule has 0 unspecified atom stereocenters. The van der Waals surface area contributed by atoms with Gasteiger partial charge in [0, 0.05) is 6.04 Å². The van der Waals surface area contributed by atoms with Crippen LogP contribution in [-0.2, 0) is 0 Å². The van der Waals surface area contributed by atoms with Crippen LogP contribution in [0.2, 0.25) is 0 Å². The number of rotatable bonds is 3. The first-order chi connectivity index (χ1) is 8.41. The molecule has 0 aromatic carbocycles. The van der Waals surface area contributed by atoms with Crippen LogP contribution in [0.15, 0.2) is 6.07 Å². The summed E-state index contributed by atoms with van der Waals surface area (Å²) in [5.41, 5.74) is 4.12. The standard InChI is InChI=1S/C14H22N4/c1-8(2)11-7-12-14(16-15-11)13(9(3)4)17-18(12)10(5)6/h7-10H,1-6H3. The van der Waals surface area contributed by atoms with Crippen LogP contribution < -0.4 is 0 Å². The second-order valence-corrected chi connectivity index (χ2v) is 5.74. The molecule has 18 heavy (non-hydrogen) atoms. The maximum atomic E-state index is 4.70. The van der Waals surface area contributed by atoms with Gasteiger partial charge in [0.15, 0.2) is 0 Å². The summed E-state index contributed by atoms with van der Waals surface area (Å²) in [6, 6.07) is 2.47. The second-order valence-electron chi connectivity index (χ2n) is 5.74. The highest BCUT2D eigenvalue weighted by Gasteiger charge is 2.18. The summed E-state index contributed by atoms with van der Waals surface area (Å²) < 4.78 is 2.06. The summed E-state index contributed by atoms with van der Waals surface area (Å²) in [6.45, 7) is 12.8. The summed E-state index contributed by atoms with van der Waals surface area (Å²) in [5, 5.41) is 13.4. The maximum Gasteiger partial charge on any atom is 0.134 e. The molecule has 2 aromatic heterocycles. The van der Waals surface area contributed by atoms with Crippen LogP contribution in [0.3, 0.4) is 0 Å². The van der Waals surface area contributed by atoms with Crippen molar-refractivity contribution in [2.75, 3.05) is 0 Å². The molecular weight excluding hydrogens is 224 g/mol. The van der Waals surface area contributed by atoms with Gasteiger partial charge < -0.3 is 0 Å². The molecule has 0 amide bonds. The molecule has 0 saturated heterocycles. The first kappa shape index (κ1) is 13.0. The van der Waals surface area contributed by atoms with Crippen LogP contribution in [0.5, 0.6) is 0 Å². The highest BCUT2D eigenvalue weighted by Crippen LogP contribution is 2.26. The van der Waals surface area contributed by atoms with Crippen molar-refractivity contribution in [2.24, 2.45) is 0 Å². The van der Waals surface area contributed by atoms with Crippen molar-refractivity contribution in [3.05, 3.63) is 17.5 Å². The van der Waals surface area contributed by atoms with E-state index in [2.05, 4.69) is 62.5 Å². The van der Waals surface area contributed by atoms with E-state index in [9.17, 15) is 0 Å². The molecule has 0 spiro atoms. The Hall–Kier alpha value is -1.45. The molecule has 0 aliphatic rings. The van der Waals surface area contributed by atoms with Gasteiger partial charge >= 0.3 is 0 Å². The lowest BCUT2D eigenvalue weighted by atomic mass is 10.1. The van der Waals surface area contributed by atoms with Crippen LogP contribution >= 0.6 is 0 Å². The third-order valence-corrected chi connectivity index (χ3v) is 3.13. The summed E-state index contributed by atoms with van der Waals surface area (Å²) in [6.07, 6.45) is 0. The third-order valence-electron chi connectivity index (χ3n) is 3.13. The van der Waals surface area contributed by atoms with Gasteiger partial charge in [0.1, 0.15) is 5.52 Å². The first-order valence-corrected chi connectivity index (χ1v) is 6.67. The first-order valence-electron chi connectivity index (χ1n) is 6.67. The van der Waals surface area contributed by atoms with E-state index >= 15 is 0 Å². The van der Waals surface area contributed by atoms with Gasteiger partial charge in [0.05, 0.1) is 16.9 Å². The molecule has 0 fully saturated rings. The minimum absolute atomic E-state index is 0.337. The minimum Gasteiger partial charge on any atom is -0.260 e. The highest BCUT2D eigenvalue weighted by atomic mass is 15.3. The van der Waals surface area contributed by atoms with Crippen LogP contribution in [0, 0.1) is 0 Å². The lowest BCUT2D eigenvalue weighted by Gasteiger charge is -2.08. The molecule has 0 atom stereocenters. The van der Waals surface area contributed by atoms with Crippen molar-refractivity contribution in [2.45, 2.75) is 59.4 Å². The molecule has 2 rings (SSSR count). The molecule has 2 aromatic rings. The molecule has 4 heteroatoms. The minimum atomic E-state index is 0.337. The van der Waals surface area contributed by atoms with E-state index in [-0.39, 0.29) is 0 Å². The van der Waals surface area contributed by atoms with E-state index < -0.39 is 0 Å². The number of fused-ring (bicyclic) bond motifs is 1. The van der Waals surface area contributed by atoms with Gasteiger partial charge in [-0.2, -0.15) is 10.2 Å². The summed E-state index contributed by atoms with van der Waals surface area (Å²) in [7, 11) is 0. The summed E-state index contributed by atoms with van der Waals surface area (Å²) >= 11 is 0. The Kier molecular flexibility index (Phi) is 3.37. The van der Waals surface area contributed by atoms with Gasteiger partial charge in [0.25, 0.3) is 0 Å². The highest BCUT2D eigenvalue weighted by molar-refractivity contribution is 5.78. The molecule has 0 N–H and O–H groups in total.